The zero-order chi connectivity index (χ0) is 11.8. The highest BCUT2D eigenvalue weighted by atomic mass is 35.5. The normalized spacial score (nSPS) is 10.1. The Morgan fingerprint density at radius 2 is 2.25 bits per heavy atom. The van der Waals surface area contributed by atoms with Gasteiger partial charge in [0.25, 0.3) is 0 Å². The molecule has 0 heterocycles. The maximum absolute atomic E-state index is 11.4. The number of benzene rings is 1. The van der Waals surface area contributed by atoms with Crippen LogP contribution >= 0.6 is 11.6 Å². The second-order valence-electron chi connectivity index (χ2n) is 3.38. The molecule has 0 aliphatic carbocycles. The average molecular weight is 242 g/mol. The van der Waals surface area contributed by atoms with Crippen molar-refractivity contribution < 1.29 is 4.79 Å². The summed E-state index contributed by atoms with van der Waals surface area (Å²) in [6, 6.07) is 7.06. The van der Waals surface area contributed by atoms with E-state index in [4.69, 9.17) is 17.3 Å². The van der Waals surface area contributed by atoms with E-state index < -0.39 is 0 Å². The first-order valence-electron chi connectivity index (χ1n) is 5.18. The lowest BCUT2D eigenvalue weighted by atomic mass is 10.3. The van der Waals surface area contributed by atoms with Gasteiger partial charge in [0, 0.05) is 10.7 Å². The third-order valence-corrected chi connectivity index (χ3v) is 2.19. The highest BCUT2D eigenvalue weighted by Crippen LogP contribution is 2.14. The molecule has 1 rings (SSSR count). The predicted octanol–water partition coefficient (Wildman–Crippen LogP) is 1.22. The average Bonchev–Trinajstić information content (AvgIpc) is 2.24. The largest absolute Gasteiger partial charge is 0.330 e. The fourth-order valence-corrected chi connectivity index (χ4v) is 1.39. The topological polar surface area (TPSA) is 67.1 Å². The number of carbonyl (C=O) groups is 1. The first-order valence-corrected chi connectivity index (χ1v) is 5.56. The highest BCUT2D eigenvalue weighted by Gasteiger charge is 2.01. The Kier molecular flexibility index (Phi) is 5.85. The lowest BCUT2D eigenvalue weighted by Crippen LogP contribution is -2.29. The predicted molar refractivity (Wildman–Crippen MR) is 66.6 cm³/mol. The monoisotopic (exact) mass is 241 g/mol. The Hall–Kier alpha value is -1.10. The quantitative estimate of drug-likeness (QED) is 0.656. The van der Waals surface area contributed by atoms with Crippen LogP contribution < -0.4 is 16.4 Å². The summed E-state index contributed by atoms with van der Waals surface area (Å²) in [7, 11) is 0. The molecule has 5 heteroatoms. The minimum atomic E-state index is -0.0840. The molecule has 1 aromatic carbocycles. The van der Waals surface area contributed by atoms with Crippen LogP contribution in [0, 0.1) is 0 Å². The van der Waals surface area contributed by atoms with Gasteiger partial charge in [-0.1, -0.05) is 17.7 Å². The SMILES string of the molecule is NCCCNCC(=O)Nc1cccc(Cl)c1. The van der Waals surface area contributed by atoms with Gasteiger partial charge < -0.3 is 16.4 Å². The van der Waals surface area contributed by atoms with Crippen molar-refractivity contribution >= 4 is 23.2 Å². The van der Waals surface area contributed by atoms with Crippen LogP contribution in [0.3, 0.4) is 0 Å². The third-order valence-electron chi connectivity index (χ3n) is 1.95. The van der Waals surface area contributed by atoms with Gasteiger partial charge in [0.15, 0.2) is 0 Å². The summed E-state index contributed by atoms with van der Waals surface area (Å²) >= 11 is 5.79. The molecule has 0 fully saturated rings. The molecule has 0 bridgehead atoms. The van der Waals surface area contributed by atoms with Gasteiger partial charge in [-0.3, -0.25) is 4.79 Å². The molecule has 16 heavy (non-hydrogen) atoms. The lowest BCUT2D eigenvalue weighted by Gasteiger charge is -2.06. The maximum Gasteiger partial charge on any atom is 0.238 e. The van der Waals surface area contributed by atoms with E-state index >= 15 is 0 Å². The van der Waals surface area contributed by atoms with Gasteiger partial charge in [-0.05, 0) is 37.7 Å². The van der Waals surface area contributed by atoms with Gasteiger partial charge in [-0.25, -0.2) is 0 Å². The second kappa shape index (κ2) is 7.22. The van der Waals surface area contributed by atoms with Crippen LogP contribution in [0.15, 0.2) is 24.3 Å². The van der Waals surface area contributed by atoms with Gasteiger partial charge in [0.2, 0.25) is 5.91 Å². The third kappa shape index (κ3) is 5.11. The first kappa shape index (κ1) is 13.0. The number of halogens is 1. The van der Waals surface area contributed by atoms with Gasteiger partial charge in [0.1, 0.15) is 0 Å². The van der Waals surface area contributed by atoms with E-state index in [9.17, 15) is 4.79 Å². The Labute approximate surface area is 100 Å². The Bertz CT molecular complexity index is 344. The molecular weight excluding hydrogens is 226 g/mol. The summed E-state index contributed by atoms with van der Waals surface area (Å²) in [5, 5.41) is 6.34. The molecule has 0 saturated carbocycles. The van der Waals surface area contributed by atoms with Gasteiger partial charge in [-0.15, -0.1) is 0 Å². The molecule has 1 aromatic rings. The summed E-state index contributed by atoms with van der Waals surface area (Å²) in [5.41, 5.74) is 6.04. The van der Waals surface area contributed by atoms with E-state index in [1.54, 1.807) is 24.3 Å². The van der Waals surface area contributed by atoms with Gasteiger partial charge in [0.05, 0.1) is 6.54 Å². The number of amides is 1. The van der Waals surface area contributed by atoms with Crippen molar-refractivity contribution in [3.8, 4) is 0 Å². The van der Waals surface area contributed by atoms with Crippen LogP contribution in [0.1, 0.15) is 6.42 Å². The van der Waals surface area contributed by atoms with Crippen LogP contribution in [0.2, 0.25) is 5.02 Å². The number of nitrogens with one attached hydrogen (secondary N) is 2. The number of hydrogen-bond acceptors (Lipinski definition) is 3. The van der Waals surface area contributed by atoms with Crippen molar-refractivity contribution in [3.05, 3.63) is 29.3 Å². The zero-order valence-electron chi connectivity index (χ0n) is 9.00. The van der Waals surface area contributed by atoms with E-state index in [1.807, 2.05) is 0 Å². The first-order chi connectivity index (χ1) is 7.72. The summed E-state index contributed by atoms with van der Waals surface area (Å²) in [6.45, 7) is 1.66. The molecular formula is C11H16ClN3O. The van der Waals surface area contributed by atoms with Crippen molar-refractivity contribution in [3.63, 3.8) is 0 Å². The molecule has 0 saturated heterocycles. The number of carbonyl (C=O) groups excluding carboxylic acids is 1. The van der Waals surface area contributed by atoms with E-state index in [2.05, 4.69) is 10.6 Å². The number of anilines is 1. The number of rotatable bonds is 6. The molecule has 4 nitrogen and oxygen atoms in total. The van der Waals surface area contributed by atoms with E-state index in [1.165, 1.54) is 0 Å². The fraction of sp³-hybridized carbons (Fsp3) is 0.364. The van der Waals surface area contributed by atoms with E-state index in [0.717, 1.165) is 13.0 Å². The highest BCUT2D eigenvalue weighted by molar-refractivity contribution is 6.30. The minimum absolute atomic E-state index is 0.0840. The molecule has 0 aliphatic rings. The van der Waals surface area contributed by atoms with Crippen LogP contribution in [0.5, 0.6) is 0 Å². The summed E-state index contributed by atoms with van der Waals surface area (Å²) in [6.07, 6.45) is 0.866. The molecule has 0 aromatic heterocycles. The van der Waals surface area contributed by atoms with Crippen molar-refractivity contribution in [2.45, 2.75) is 6.42 Å². The Morgan fingerprint density at radius 3 is 2.94 bits per heavy atom. The van der Waals surface area contributed by atoms with Gasteiger partial charge >= 0.3 is 0 Å². The molecule has 4 N–H and O–H groups in total. The standard InChI is InChI=1S/C11H16ClN3O/c12-9-3-1-4-10(7-9)15-11(16)8-14-6-2-5-13/h1,3-4,7,14H,2,5-6,8,13H2,(H,15,16). The van der Waals surface area contributed by atoms with E-state index in [0.29, 0.717) is 17.3 Å². The number of nitrogens with two attached hydrogens (primary N) is 1. The van der Waals surface area contributed by atoms with Crippen LogP contribution in [0.4, 0.5) is 5.69 Å². The molecule has 0 spiro atoms. The summed E-state index contributed by atoms with van der Waals surface area (Å²) in [4.78, 5) is 11.4. The summed E-state index contributed by atoms with van der Waals surface area (Å²) < 4.78 is 0. The molecule has 0 unspecified atom stereocenters. The zero-order valence-corrected chi connectivity index (χ0v) is 9.76. The van der Waals surface area contributed by atoms with Crippen molar-refractivity contribution in [1.29, 1.82) is 0 Å². The second-order valence-corrected chi connectivity index (χ2v) is 3.81. The fourth-order valence-electron chi connectivity index (χ4n) is 1.20. The lowest BCUT2D eigenvalue weighted by molar-refractivity contribution is -0.115. The van der Waals surface area contributed by atoms with Crippen molar-refractivity contribution in [1.82, 2.24) is 5.32 Å². The number of hydrogen-bond donors (Lipinski definition) is 3. The van der Waals surface area contributed by atoms with Crippen molar-refractivity contribution in [2.75, 3.05) is 25.0 Å². The van der Waals surface area contributed by atoms with Crippen LogP contribution in [0.25, 0.3) is 0 Å². The minimum Gasteiger partial charge on any atom is -0.330 e. The maximum atomic E-state index is 11.4. The van der Waals surface area contributed by atoms with Crippen LogP contribution in [-0.4, -0.2) is 25.5 Å². The van der Waals surface area contributed by atoms with Gasteiger partial charge in [-0.2, -0.15) is 0 Å². The molecule has 0 aliphatic heterocycles. The smallest absolute Gasteiger partial charge is 0.238 e. The Morgan fingerprint density at radius 1 is 1.44 bits per heavy atom. The molecule has 0 atom stereocenters. The van der Waals surface area contributed by atoms with Crippen molar-refractivity contribution in [2.24, 2.45) is 5.73 Å². The molecule has 0 radical (unpaired) electrons. The van der Waals surface area contributed by atoms with Crippen LogP contribution in [-0.2, 0) is 4.79 Å². The Balaban J connectivity index is 2.29. The molecule has 1 amide bonds. The van der Waals surface area contributed by atoms with E-state index in [-0.39, 0.29) is 12.5 Å². The molecule has 88 valence electrons. The summed E-state index contributed by atoms with van der Waals surface area (Å²) in [5.74, 6) is -0.0840.